The Bertz CT molecular complexity index is 1430. The van der Waals surface area contributed by atoms with Gasteiger partial charge in [-0.2, -0.15) is 0 Å². The molecular weight excluding hydrogens is 448 g/mol. The first-order valence-electron chi connectivity index (χ1n) is 12.6. The van der Waals surface area contributed by atoms with Gasteiger partial charge in [0.25, 0.3) is 5.91 Å². The van der Waals surface area contributed by atoms with Crippen LogP contribution in [0.25, 0.3) is 22.2 Å². The van der Waals surface area contributed by atoms with Gasteiger partial charge >= 0.3 is 0 Å². The molecule has 5 N–H and O–H groups in total. The van der Waals surface area contributed by atoms with Crippen LogP contribution in [0.15, 0.2) is 66.7 Å². The Morgan fingerprint density at radius 3 is 2.61 bits per heavy atom. The maximum Gasteiger partial charge on any atom is 0.257 e. The number of aromatic amines is 1. The van der Waals surface area contributed by atoms with Gasteiger partial charge in [-0.1, -0.05) is 31.2 Å². The van der Waals surface area contributed by atoms with E-state index in [2.05, 4.69) is 39.6 Å². The number of nitrogens with zero attached hydrogens (tertiary/aromatic N) is 2. The van der Waals surface area contributed by atoms with E-state index in [4.69, 9.17) is 10.7 Å². The first-order valence-corrected chi connectivity index (χ1v) is 12.6. The van der Waals surface area contributed by atoms with E-state index < -0.39 is 0 Å². The SMILES string of the molecule is CCN1CCC(Nc2ccc3c(c2)/C(=C(\c2ccc(N)cc2)c2nc4ccccc4[nH]2)C(=O)N3)CC1. The summed E-state index contributed by atoms with van der Waals surface area (Å²) in [5.74, 6) is 0.523. The number of para-hydroxylation sites is 2. The lowest BCUT2D eigenvalue weighted by Crippen LogP contribution is -2.38. The lowest BCUT2D eigenvalue weighted by Gasteiger charge is -2.32. The summed E-state index contributed by atoms with van der Waals surface area (Å²) in [6.45, 7) is 5.53. The van der Waals surface area contributed by atoms with Gasteiger partial charge in [-0.25, -0.2) is 4.98 Å². The number of benzene rings is 3. The summed E-state index contributed by atoms with van der Waals surface area (Å²) in [6.07, 6.45) is 2.22. The van der Waals surface area contributed by atoms with Crippen molar-refractivity contribution < 1.29 is 4.79 Å². The zero-order valence-corrected chi connectivity index (χ0v) is 20.3. The number of hydrogen-bond donors (Lipinski definition) is 4. The number of likely N-dealkylation sites (tertiary alicyclic amines) is 1. The van der Waals surface area contributed by atoms with Crippen molar-refractivity contribution in [1.29, 1.82) is 0 Å². The van der Waals surface area contributed by atoms with Gasteiger partial charge in [-0.15, -0.1) is 0 Å². The van der Waals surface area contributed by atoms with Crippen molar-refractivity contribution in [3.63, 3.8) is 0 Å². The Morgan fingerprint density at radius 2 is 1.86 bits per heavy atom. The minimum absolute atomic E-state index is 0.134. The van der Waals surface area contributed by atoms with Crippen LogP contribution >= 0.6 is 0 Å². The van der Waals surface area contributed by atoms with Crippen molar-refractivity contribution in [3.8, 4) is 0 Å². The average molecular weight is 479 g/mol. The predicted molar refractivity (Wildman–Crippen MR) is 147 cm³/mol. The van der Waals surface area contributed by atoms with E-state index in [1.165, 1.54) is 0 Å². The second-order valence-electron chi connectivity index (χ2n) is 9.54. The topological polar surface area (TPSA) is 99.1 Å². The maximum atomic E-state index is 13.4. The van der Waals surface area contributed by atoms with E-state index in [1.54, 1.807) is 0 Å². The maximum absolute atomic E-state index is 13.4. The molecule has 0 unspecified atom stereocenters. The van der Waals surface area contributed by atoms with E-state index >= 15 is 0 Å². The van der Waals surface area contributed by atoms with Gasteiger partial charge in [0, 0.05) is 47.3 Å². The molecule has 1 fully saturated rings. The van der Waals surface area contributed by atoms with Gasteiger partial charge in [0.05, 0.1) is 16.6 Å². The van der Waals surface area contributed by atoms with Crippen molar-refractivity contribution in [2.75, 3.05) is 36.0 Å². The number of imidazole rings is 1. The first-order chi connectivity index (χ1) is 17.6. The molecule has 0 atom stereocenters. The Hall–Kier alpha value is -4.10. The van der Waals surface area contributed by atoms with Crippen LogP contribution < -0.4 is 16.4 Å². The molecule has 3 aromatic carbocycles. The van der Waals surface area contributed by atoms with Crippen molar-refractivity contribution in [1.82, 2.24) is 14.9 Å². The van der Waals surface area contributed by atoms with Gasteiger partial charge in [-0.05, 0) is 67.4 Å². The Labute approximate surface area is 210 Å². The molecule has 3 heterocycles. The molecule has 0 bridgehead atoms. The number of fused-ring (bicyclic) bond motifs is 2. The number of rotatable bonds is 5. The third-order valence-electron chi connectivity index (χ3n) is 7.25. The Morgan fingerprint density at radius 1 is 1.08 bits per heavy atom. The Kier molecular flexibility index (Phi) is 5.70. The average Bonchev–Trinajstić information content (AvgIpc) is 3.46. The highest BCUT2D eigenvalue weighted by Gasteiger charge is 2.30. The van der Waals surface area contributed by atoms with Gasteiger partial charge in [-0.3, -0.25) is 4.79 Å². The third-order valence-corrected chi connectivity index (χ3v) is 7.25. The fourth-order valence-corrected chi connectivity index (χ4v) is 5.25. The standard InChI is InChI=1S/C29H30N6O/c1-2-35-15-13-20(14-16-35)31-21-11-12-23-22(17-21)27(29(36)34-23)26(18-7-9-19(30)10-8-18)28-32-24-5-3-4-6-25(24)33-28/h3-12,17,20,31H,2,13-16,30H2,1H3,(H,32,33)(H,34,36)/b27-26-. The van der Waals surface area contributed by atoms with Crippen LogP contribution in [0.1, 0.15) is 36.7 Å². The molecule has 0 saturated carbocycles. The molecule has 1 saturated heterocycles. The number of anilines is 3. The van der Waals surface area contributed by atoms with Crippen molar-refractivity contribution in [2.24, 2.45) is 0 Å². The summed E-state index contributed by atoms with van der Waals surface area (Å²) in [6, 6.07) is 22.1. The zero-order valence-electron chi connectivity index (χ0n) is 20.3. The largest absolute Gasteiger partial charge is 0.399 e. The van der Waals surface area contributed by atoms with E-state index in [0.29, 0.717) is 23.1 Å². The highest BCUT2D eigenvalue weighted by molar-refractivity contribution is 6.38. The summed E-state index contributed by atoms with van der Waals surface area (Å²) >= 11 is 0. The molecule has 0 spiro atoms. The van der Waals surface area contributed by atoms with E-state index in [0.717, 1.165) is 71.6 Å². The van der Waals surface area contributed by atoms with E-state index in [1.807, 2.05) is 54.6 Å². The molecule has 0 radical (unpaired) electrons. The predicted octanol–water partition coefficient (Wildman–Crippen LogP) is 4.95. The second-order valence-corrected chi connectivity index (χ2v) is 9.54. The third kappa shape index (κ3) is 4.12. The van der Waals surface area contributed by atoms with E-state index in [9.17, 15) is 4.79 Å². The summed E-state index contributed by atoms with van der Waals surface area (Å²) in [5.41, 5.74) is 13.4. The molecule has 1 amide bonds. The summed E-state index contributed by atoms with van der Waals surface area (Å²) in [7, 11) is 0. The molecule has 36 heavy (non-hydrogen) atoms. The lowest BCUT2D eigenvalue weighted by molar-refractivity contribution is -0.110. The van der Waals surface area contributed by atoms with Crippen LogP contribution in [-0.2, 0) is 4.79 Å². The minimum Gasteiger partial charge on any atom is -0.399 e. The summed E-state index contributed by atoms with van der Waals surface area (Å²) in [4.78, 5) is 24.2. The van der Waals surface area contributed by atoms with Crippen LogP contribution in [0.3, 0.4) is 0 Å². The number of piperidine rings is 1. The molecule has 2 aliphatic heterocycles. The van der Waals surface area contributed by atoms with Crippen LogP contribution in [0.5, 0.6) is 0 Å². The molecule has 0 aliphatic carbocycles. The highest BCUT2D eigenvalue weighted by Crippen LogP contribution is 2.41. The lowest BCUT2D eigenvalue weighted by atomic mass is 9.94. The van der Waals surface area contributed by atoms with Gasteiger partial charge in [0.15, 0.2) is 0 Å². The summed E-state index contributed by atoms with van der Waals surface area (Å²) < 4.78 is 0. The molecule has 4 aromatic rings. The highest BCUT2D eigenvalue weighted by atomic mass is 16.2. The van der Waals surface area contributed by atoms with Crippen LogP contribution in [0.4, 0.5) is 17.1 Å². The number of carbonyl (C=O) groups is 1. The zero-order chi connectivity index (χ0) is 24.6. The fraction of sp³-hybridized carbons (Fsp3) is 0.241. The Balaban J connectivity index is 1.45. The fourth-order valence-electron chi connectivity index (χ4n) is 5.25. The molecule has 1 aromatic heterocycles. The van der Waals surface area contributed by atoms with Crippen LogP contribution in [0, 0.1) is 0 Å². The van der Waals surface area contributed by atoms with Crippen molar-refractivity contribution in [3.05, 3.63) is 83.7 Å². The number of aromatic nitrogens is 2. The molecule has 7 nitrogen and oxygen atoms in total. The van der Waals surface area contributed by atoms with Crippen molar-refractivity contribution in [2.45, 2.75) is 25.8 Å². The minimum atomic E-state index is -0.134. The van der Waals surface area contributed by atoms with Gasteiger partial charge in [0.1, 0.15) is 5.82 Å². The van der Waals surface area contributed by atoms with Gasteiger partial charge < -0.3 is 26.3 Å². The number of H-pyrrole nitrogens is 1. The normalized spacial score (nSPS) is 17.8. The van der Waals surface area contributed by atoms with Crippen LogP contribution in [0.2, 0.25) is 0 Å². The monoisotopic (exact) mass is 478 g/mol. The number of nitrogen functional groups attached to an aromatic ring is 1. The molecule has 7 heteroatoms. The van der Waals surface area contributed by atoms with Gasteiger partial charge in [0.2, 0.25) is 0 Å². The number of hydrogen-bond acceptors (Lipinski definition) is 5. The number of nitrogens with one attached hydrogen (secondary N) is 3. The molecule has 2 aliphatic rings. The number of nitrogens with two attached hydrogens (primary N) is 1. The van der Waals surface area contributed by atoms with Crippen LogP contribution in [-0.4, -0.2) is 46.5 Å². The molecular formula is C29H30N6O. The number of amides is 1. The molecule has 6 rings (SSSR count). The summed E-state index contributed by atoms with van der Waals surface area (Å²) in [5, 5.41) is 6.77. The van der Waals surface area contributed by atoms with Crippen molar-refractivity contribution >= 4 is 45.1 Å². The first kappa shape index (κ1) is 22.4. The second kappa shape index (κ2) is 9.17. The smallest absolute Gasteiger partial charge is 0.257 e. The quantitative estimate of drug-likeness (QED) is 0.240. The van der Waals surface area contributed by atoms with E-state index in [-0.39, 0.29) is 5.91 Å². The number of carbonyl (C=O) groups excluding carboxylic acids is 1. The molecule has 182 valence electrons.